The Hall–Kier alpha value is -5.15. The highest BCUT2D eigenvalue weighted by Crippen LogP contribution is 2.41. The molecule has 3 nitrogen and oxygen atoms in total. The Bertz CT molecular complexity index is 2340. The molecule has 0 saturated carbocycles. The Labute approximate surface area is 218 Å². The molecule has 5 aromatic carbocycles. The van der Waals surface area contributed by atoms with E-state index in [1.54, 1.807) is 0 Å². The molecule has 0 radical (unpaired) electrons. The van der Waals surface area contributed by atoms with Crippen LogP contribution in [0.5, 0.6) is 0 Å². The number of benzene rings is 5. The number of hydrogen-bond donors (Lipinski definition) is 0. The number of aromatic nitrogens is 3. The lowest BCUT2D eigenvalue weighted by molar-refractivity contribution is 1.18. The van der Waals surface area contributed by atoms with E-state index in [9.17, 15) is 0 Å². The summed E-state index contributed by atoms with van der Waals surface area (Å²) >= 11 is 0. The molecule has 0 aliphatic carbocycles. The summed E-state index contributed by atoms with van der Waals surface area (Å²) in [6, 6.07) is 43.8. The monoisotopic (exact) mass is 483 g/mol. The van der Waals surface area contributed by atoms with Crippen LogP contribution in [-0.2, 0) is 0 Å². The van der Waals surface area contributed by atoms with Gasteiger partial charge in [0.05, 0.1) is 33.1 Å². The fraction of sp³-hybridized carbons (Fsp3) is 0. The van der Waals surface area contributed by atoms with Crippen molar-refractivity contribution in [2.45, 2.75) is 0 Å². The predicted octanol–water partition coefficient (Wildman–Crippen LogP) is 9.00. The molecule has 0 spiro atoms. The van der Waals surface area contributed by atoms with Crippen molar-refractivity contribution in [2.75, 3.05) is 0 Å². The van der Waals surface area contributed by atoms with Gasteiger partial charge in [0, 0.05) is 38.8 Å². The molecule has 0 bridgehead atoms. The molecule has 0 amide bonds. The Morgan fingerprint density at radius 3 is 1.97 bits per heavy atom. The summed E-state index contributed by atoms with van der Waals surface area (Å²) in [4.78, 5) is 4.80. The van der Waals surface area contributed by atoms with Gasteiger partial charge in [-0.2, -0.15) is 0 Å². The zero-order chi connectivity index (χ0) is 24.8. The highest BCUT2D eigenvalue weighted by atomic mass is 15.0. The van der Waals surface area contributed by atoms with Gasteiger partial charge in [0.1, 0.15) is 0 Å². The van der Waals surface area contributed by atoms with E-state index in [1.807, 2.05) is 12.3 Å². The lowest BCUT2D eigenvalue weighted by Gasteiger charge is -2.08. The molecule has 4 aromatic heterocycles. The number of nitrogens with zero attached hydrogens (tertiary/aromatic N) is 3. The summed E-state index contributed by atoms with van der Waals surface area (Å²) in [5.41, 5.74) is 10.7. The van der Waals surface area contributed by atoms with Crippen LogP contribution in [-0.4, -0.2) is 14.0 Å². The summed E-state index contributed by atoms with van der Waals surface area (Å²) in [6.07, 6.45) is 1.89. The zero-order valence-corrected chi connectivity index (χ0v) is 20.5. The van der Waals surface area contributed by atoms with Crippen molar-refractivity contribution in [3.05, 3.63) is 128 Å². The number of pyridine rings is 1. The second kappa shape index (κ2) is 7.21. The Morgan fingerprint density at radius 1 is 0.447 bits per heavy atom. The highest BCUT2D eigenvalue weighted by molar-refractivity contribution is 6.23. The molecule has 176 valence electrons. The van der Waals surface area contributed by atoms with E-state index < -0.39 is 0 Å². The first-order valence-electron chi connectivity index (χ1n) is 13.0. The average molecular weight is 484 g/mol. The average Bonchev–Trinajstić information content (AvgIpc) is 3.62. The summed E-state index contributed by atoms with van der Waals surface area (Å²) in [6.45, 7) is 0. The van der Waals surface area contributed by atoms with Crippen molar-refractivity contribution in [3.63, 3.8) is 0 Å². The minimum Gasteiger partial charge on any atom is -0.308 e. The van der Waals surface area contributed by atoms with E-state index in [-0.39, 0.29) is 0 Å². The van der Waals surface area contributed by atoms with Crippen LogP contribution in [0.15, 0.2) is 128 Å². The molecule has 0 aliphatic rings. The fourth-order valence-corrected chi connectivity index (χ4v) is 6.48. The van der Waals surface area contributed by atoms with Crippen LogP contribution in [0.3, 0.4) is 0 Å². The molecule has 4 heterocycles. The third-order valence-corrected chi connectivity index (χ3v) is 8.09. The molecule has 0 atom stereocenters. The molecular formula is C35H21N3. The van der Waals surface area contributed by atoms with Gasteiger partial charge in [0.2, 0.25) is 0 Å². The maximum Gasteiger partial charge on any atom is 0.0963 e. The van der Waals surface area contributed by atoms with Gasteiger partial charge in [-0.3, -0.25) is 4.98 Å². The zero-order valence-electron chi connectivity index (χ0n) is 20.5. The Morgan fingerprint density at radius 2 is 1.11 bits per heavy atom. The van der Waals surface area contributed by atoms with Gasteiger partial charge in [0.25, 0.3) is 0 Å². The van der Waals surface area contributed by atoms with Crippen LogP contribution in [0.2, 0.25) is 0 Å². The molecule has 0 fully saturated rings. The first-order chi connectivity index (χ1) is 18.9. The number of rotatable bonds is 2. The third-order valence-electron chi connectivity index (χ3n) is 8.09. The van der Waals surface area contributed by atoms with Crippen molar-refractivity contribution >= 4 is 60.0 Å². The van der Waals surface area contributed by atoms with Gasteiger partial charge in [-0.05, 0) is 65.7 Å². The van der Waals surface area contributed by atoms with Crippen molar-refractivity contribution in [1.82, 2.24) is 14.0 Å². The first kappa shape index (κ1) is 20.0. The quantitative estimate of drug-likeness (QED) is 0.240. The van der Waals surface area contributed by atoms with Crippen molar-refractivity contribution in [3.8, 4) is 16.8 Å². The second-order valence-corrected chi connectivity index (χ2v) is 10.1. The molecule has 0 unspecified atom stereocenters. The minimum atomic E-state index is 1.03. The third kappa shape index (κ3) is 2.50. The SMILES string of the molecule is c1ccc(-n2c3ccc(-c4ccc5c(c4)c4cccc6c7ccccc7n5c64)cc3c3ncccc32)cc1. The van der Waals surface area contributed by atoms with Crippen LogP contribution < -0.4 is 0 Å². The molecule has 0 aliphatic heterocycles. The Balaban J connectivity index is 1.31. The number of para-hydroxylation sites is 3. The van der Waals surface area contributed by atoms with Gasteiger partial charge >= 0.3 is 0 Å². The largest absolute Gasteiger partial charge is 0.308 e. The summed E-state index contributed by atoms with van der Waals surface area (Å²) in [7, 11) is 0. The molecule has 0 N–H and O–H groups in total. The summed E-state index contributed by atoms with van der Waals surface area (Å²) < 4.78 is 4.74. The highest BCUT2D eigenvalue weighted by Gasteiger charge is 2.18. The van der Waals surface area contributed by atoms with Crippen LogP contribution in [0.4, 0.5) is 0 Å². The van der Waals surface area contributed by atoms with E-state index in [0.29, 0.717) is 0 Å². The molecule has 38 heavy (non-hydrogen) atoms. The van der Waals surface area contributed by atoms with Crippen molar-refractivity contribution in [2.24, 2.45) is 0 Å². The molecule has 9 aromatic rings. The number of hydrogen-bond acceptors (Lipinski definition) is 1. The molecule has 9 rings (SSSR count). The summed E-state index contributed by atoms with van der Waals surface area (Å²) in [5, 5.41) is 6.39. The van der Waals surface area contributed by atoms with Crippen LogP contribution >= 0.6 is 0 Å². The lowest BCUT2D eigenvalue weighted by atomic mass is 10.0. The predicted molar refractivity (Wildman–Crippen MR) is 159 cm³/mol. The Kier molecular flexibility index (Phi) is 3.79. The van der Waals surface area contributed by atoms with Gasteiger partial charge in [-0.1, -0.05) is 66.7 Å². The smallest absolute Gasteiger partial charge is 0.0963 e. The summed E-state index contributed by atoms with van der Waals surface area (Å²) in [5.74, 6) is 0. The van der Waals surface area contributed by atoms with Crippen LogP contribution in [0.25, 0.3) is 76.8 Å². The van der Waals surface area contributed by atoms with Gasteiger partial charge < -0.3 is 8.97 Å². The van der Waals surface area contributed by atoms with Crippen LogP contribution in [0.1, 0.15) is 0 Å². The maximum absolute atomic E-state index is 4.80. The fourth-order valence-electron chi connectivity index (χ4n) is 6.48. The maximum atomic E-state index is 4.80. The van der Waals surface area contributed by atoms with Gasteiger partial charge in [0.15, 0.2) is 0 Å². The minimum absolute atomic E-state index is 1.03. The van der Waals surface area contributed by atoms with E-state index in [0.717, 1.165) is 16.7 Å². The molecule has 0 saturated heterocycles. The number of fused-ring (bicyclic) bond motifs is 9. The normalized spacial score (nSPS) is 12.2. The van der Waals surface area contributed by atoms with E-state index in [1.165, 1.54) is 60.1 Å². The molecular weight excluding hydrogens is 462 g/mol. The van der Waals surface area contributed by atoms with E-state index >= 15 is 0 Å². The van der Waals surface area contributed by atoms with E-state index in [4.69, 9.17) is 4.98 Å². The second-order valence-electron chi connectivity index (χ2n) is 10.1. The van der Waals surface area contributed by atoms with E-state index in [2.05, 4.69) is 124 Å². The van der Waals surface area contributed by atoms with Crippen LogP contribution in [0, 0.1) is 0 Å². The van der Waals surface area contributed by atoms with Gasteiger partial charge in [-0.25, -0.2) is 0 Å². The van der Waals surface area contributed by atoms with Crippen molar-refractivity contribution in [1.29, 1.82) is 0 Å². The standard InChI is InChI=1S/C35H21N3/c1-2-8-24(9-3-1)37-32-18-16-23(21-29(32)34-33(37)14-7-19-36-34)22-15-17-31-28(20-22)27-12-6-11-26-25-10-4-5-13-30(25)38(31)35(26)27/h1-21H. The van der Waals surface area contributed by atoms with Crippen molar-refractivity contribution < 1.29 is 0 Å². The molecule has 3 heteroatoms. The lowest BCUT2D eigenvalue weighted by Crippen LogP contribution is -1.93. The first-order valence-corrected chi connectivity index (χ1v) is 13.0. The van der Waals surface area contributed by atoms with Gasteiger partial charge in [-0.15, -0.1) is 0 Å². The topological polar surface area (TPSA) is 22.2 Å².